The summed E-state index contributed by atoms with van der Waals surface area (Å²) in [6, 6.07) is 15.0. The molecule has 5 rings (SSSR count). The van der Waals surface area contributed by atoms with Crippen LogP contribution in [0.1, 0.15) is 138 Å². The third-order valence-electron chi connectivity index (χ3n) is 10.1. The van der Waals surface area contributed by atoms with E-state index in [0.717, 1.165) is 24.1 Å². The maximum Gasteiger partial charge on any atom is 0.250 e. The Hall–Kier alpha value is -2.98. The first-order valence-electron chi connectivity index (χ1n) is 18.6. The number of para-hydroxylation sites is 1. The lowest BCUT2D eigenvalue weighted by atomic mass is 9.97. The van der Waals surface area contributed by atoms with Crippen molar-refractivity contribution in [3.8, 4) is 5.69 Å². The van der Waals surface area contributed by atoms with Crippen molar-refractivity contribution in [3.63, 3.8) is 0 Å². The SMILES string of the molecule is CCCCCCCCCCCCCCCCCCC1(SC)CC(=O)N(c2cccc3c2CC(Sc2nnnn2-c2ccccc2)C3=O)C1=O. The van der Waals surface area contributed by atoms with Crippen LogP contribution >= 0.6 is 23.5 Å². The third kappa shape index (κ3) is 9.43. The molecule has 2 unspecified atom stereocenters. The molecule has 2 heterocycles. The van der Waals surface area contributed by atoms with E-state index in [1.165, 1.54) is 118 Å². The molecule has 2 aliphatic rings. The lowest BCUT2D eigenvalue weighted by Crippen LogP contribution is -2.38. The summed E-state index contributed by atoms with van der Waals surface area (Å²) in [5.74, 6) is -0.357. The zero-order valence-corrected chi connectivity index (χ0v) is 31.0. The van der Waals surface area contributed by atoms with Gasteiger partial charge in [0, 0.05) is 5.56 Å². The molecule has 0 radical (unpaired) electrons. The third-order valence-corrected chi connectivity index (χ3v) is 12.6. The molecule has 1 fully saturated rings. The molecule has 2 aromatic carbocycles. The molecule has 264 valence electrons. The molecular formula is C39H53N5O3S2. The van der Waals surface area contributed by atoms with Gasteiger partial charge in [-0.1, -0.05) is 152 Å². The Morgan fingerprint density at radius 1 is 0.776 bits per heavy atom. The molecule has 3 aromatic rings. The van der Waals surface area contributed by atoms with E-state index in [1.54, 1.807) is 16.8 Å². The molecule has 0 N–H and O–H groups in total. The number of amides is 2. The number of fused-ring (bicyclic) bond motifs is 1. The minimum atomic E-state index is -0.746. The number of hydrogen-bond donors (Lipinski definition) is 0. The van der Waals surface area contributed by atoms with Crippen molar-refractivity contribution in [1.82, 2.24) is 20.2 Å². The monoisotopic (exact) mass is 703 g/mol. The van der Waals surface area contributed by atoms with E-state index >= 15 is 0 Å². The molecule has 1 aromatic heterocycles. The molecule has 8 nitrogen and oxygen atoms in total. The second kappa shape index (κ2) is 18.9. The molecule has 1 aliphatic carbocycles. The summed E-state index contributed by atoms with van der Waals surface area (Å²) in [6.07, 6.45) is 24.1. The number of nitrogens with zero attached hydrogens (tertiary/aromatic N) is 5. The Bertz CT molecular complexity index is 1530. The predicted molar refractivity (Wildman–Crippen MR) is 201 cm³/mol. The summed E-state index contributed by atoms with van der Waals surface area (Å²) in [6.45, 7) is 2.27. The summed E-state index contributed by atoms with van der Waals surface area (Å²) in [7, 11) is 0. The minimum absolute atomic E-state index is 0.0344. The summed E-state index contributed by atoms with van der Waals surface area (Å²) < 4.78 is 0.880. The molecule has 0 bridgehead atoms. The quantitative estimate of drug-likeness (QED) is 0.0754. The number of carbonyl (C=O) groups is 3. The van der Waals surface area contributed by atoms with Gasteiger partial charge >= 0.3 is 0 Å². The predicted octanol–water partition coefficient (Wildman–Crippen LogP) is 9.58. The van der Waals surface area contributed by atoms with Crippen LogP contribution in [0.2, 0.25) is 0 Å². The highest BCUT2D eigenvalue weighted by Crippen LogP contribution is 2.45. The van der Waals surface area contributed by atoms with Crippen LogP contribution < -0.4 is 4.90 Å². The minimum Gasteiger partial charge on any atom is -0.293 e. The Morgan fingerprint density at radius 2 is 1.39 bits per heavy atom. The number of unbranched alkanes of at least 4 members (excludes halogenated alkanes) is 15. The number of hydrogen-bond acceptors (Lipinski definition) is 8. The highest BCUT2D eigenvalue weighted by Gasteiger charge is 2.52. The van der Waals surface area contributed by atoms with Gasteiger partial charge in [0.2, 0.25) is 11.1 Å². The van der Waals surface area contributed by atoms with E-state index < -0.39 is 10.00 Å². The number of Topliss-reactive ketones (excluding diaryl/α,β-unsaturated/α-hetero) is 1. The standard InChI is InChI=1S/C39H53N5O3S2/c1-3-4-5-6-7-8-9-10-11-12-13-14-15-16-17-21-27-39(48-2)29-35(45)43(37(39)47)33-26-22-25-31-32(33)28-34(36(31)46)49-38-40-41-42-44(38)30-23-19-18-20-24-30/h18-20,22-26,34H,3-17,21,27-29H2,1-2H3. The molecule has 2 atom stereocenters. The van der Waals surface area contributed by atoms with Gasteiger partial charge in [-0.2, -0.15) is 4.68 Å². The van der Waals surface area contributed by atoms with Crippen molar-refractivity contribution in [2.24, 2.45) is 0 Å². The fourth-order valence-corrected chi connectivity index (χ4v) is 9.21. The van der Waals surface area contributed by atoms with Gasteiger partial charge in [-0.3, -0.25) is 14.4 Å². The van der Waals surface area contributed by atoms with Gasteiger partial charge in [0.15, 0.2) is 5.78 Å². The Labute approximate surface area is 300 Å². The maximum atomic E-state index is 14.0. The first kappa shape index (κ1) is 37.3. The number of carbonyl (C=O) groups excluding carboxylic acids is 3. The van der Waals surface area contributed by atoms with Crippen molar-refractivity contribution in [1.29, 1.82) is 0 Å². The van der Waals surface area contributed by atoms with Crippen LogP contribution in [0.5, 0.6) is 0 Å². The number of rotatable bonds is 22. The highest BCUT2D eigenvalue weighted by molar-refractivity contribution is 8.01. The van der Waals surface area contributed by atoms with Crippen LogP contribution in [0.25, 0.3) is 5.69 Å². The molecule has 0 spiro atoms. The van der Waals surface area contributed by atoms with Gasteiger partial charge < -0.3 is 0 Å². The number of ketones is 1. The second-order valence-electron chi connectivity index (χ2n) is 13.6. The first-order chi connectivity index (χ1) is 24.0. The molecular weight excluding hydrogens is 651 g/mol. The normalized spacial score (nSPS) is 18.9. The topological polar surface area (TPSA) is 98.1 Å². The van der Waals surface area contributed by atoms with Gasteiger partial charge in [-0.25, -0.2) is 4.90 Å². The van der Waals surface area contributed by atoms with Gasteiger partial charge in [0.1, 0.15) is 4.75 Å². The van der Waals surface area contributed by atoms with E-state index in [4.69, 9.17) is 0 Å². The molecule has 49 heavy (non-hydrogen) atoms. The van der Waals surface area contributed by atoms with Crippen LogP contribution in [0.15, 0.2) is 53.7 Å². The van der Waals surface area contributed by atoms with E-state index in [1.807, 2.05) is 42.7 Å². The fraction of sp³-hybridized carbons (Fsp3) is 0.590. The average Bonchev–Trinajstić information content (AvgIpc) is 3.79. The largest absolute Gasteiger partial charge is 0.293 e. The maximum absolute atomic E-state index is 14.0. The Kier molecular flexibility index (Phi) is 14.3. The lowest BCUT2D eigenvalue weighted by Gasteiger charge is -2.25. The zero-order chi connectivity index (χ0) is 34.5. The second-order valence-corrected chi connectivity index (χ2v) is 16.0. The summed E-state index contributed by atoms with van der Waals surface area (Å²) in [5, 5.41) is 12.2. The van der Waals surface area contributed by atoms with Crippen molar-refractivity contribution < 1.29 is 14.4 Å². The van der Waals surface area contributed by atoms with Crippen molar-refractivity contribution in [2.75, 3.05) is 11.2 Å². The van der Waals surface area contributed by atoms with Gasteiger partial charge in [0.25, 0.3) is 5.91 Å². The molecule has 1 saturated heterocycles. The summed E-state index contributed by atoms with van der Waals surface area (Å²) in [4.78, 5) is 42.5. The van der Waals surface area contributed by atoms with Gasteiger partial charge in [0.05, 0.1) is 23.0 Å². The fourth-order valence-electron chi connectivity index (χ4n) is 7.26. The molecule has 2 amide bonds. The number of imide groups is 1. The van der Waals surface area contributed by atoms with Crippen LogP contribution in [0, 0.1) is 0 Å². The number of tetrazole rings is 1. The lowest BCUT2D eigenvalue weighted by molar-refractivity contribution is -0.121. The van der Waals surface area contributed by atoms with E-state index in [9.17, 15) is 14.4 Å². The van der Waals surface area contributed by atoms with E-state index in [0.29, 0.717) is 29.2 Å². The Morgan fingerprint density at radius 3 is 2.00 bits per heavy atom. The van der Waals surface area contributed by atoms with Crippen molar-refractivity contribution >= 4 is 46.8 Å². The molecule has 10 heteroatoms. The number of aromatic nitrogens is 4. The van der Waals surface area contributed by atoms with Crippen molar-refractivity contribution in [2.45, 2.75) is 144 Å². The van der Waals surface area contributed by atoms with Gasteiger partial charge in [-0.05, 0) is 53.3 Å². The van der Waals surface area contributed by atoms with Gasteiger partial charge in [-0.15, -0.1) is 16.9 Å². The smallest absolute Gasteiger partial charge is 0.250 e. The number of anilines is 1. The van der Waals surface area contributed by atoms with Crippen LogP contribution in [0.4, 0.5) is 5.69 Å². The van der Waals surface area contributed by atoms with Crippen molar-refractivity contribution in [3.05, 3.63) is 59.7 Å². The van der Waals surface area contributed by atoms with Crippen LogP contribution in [-0.2, 0) is 16.0 Å². The van der Waals surface area contributed by atoms with E-state index in [2.05, 4.69) is 22.4 Å². The number of benzene rings is 2. The zero-order valence-electron chi connectivity index (χ0n) is 29.4. The summed E-state index contributed by atoms with van der Waals surface area (Å²) >= 11 is 2.82. The van der Waals surface area contributed by atoms with Crippen LogP contribution in [-0.4, -0.2) is 54.1 Å². The Balaban J connectivity index is 1.08. The molecule has 1 aliphatic heterocycles. The molecule has 0 saturated carbocycles. The first-order valence-corrected chi connectivity index (χ1v) is 20.7. The van der Waals surface area contributed by atoms with E-state index in [-0.39, 0.29) is 24.0 Å². The highest BCUT2D eigenvalue weighted by atomic mass is 32.2. The number of thioether (sulfide) groups is 2. The average molecular weight is 704 g/mol. The summed E-state index contributed by atoms with van der Waals surface area (Å²) in [5.41, 5.74) is 2.68. The van der Waals surface area contributed by atoms with Crippen LogP contribution in [0.3, 0.4) is 0 Å².